The highest BCUT2D eigenvalue weighted by molar-refractivity contribution is 6.32. The molecule has 0 bridgehead atoms. The van der Waals surface area contributed by atoms with Crippen LogP contribution in [-0.4, -0.2) is 53.0 Å². The van der Waals surface area contributed by atoms with Gasteiger partial charge in [0.1, 0.15) is 5.02 Å². The van der Waals surface area contributed by atoms with Gasteiger partial charge in [0.15, 0.2) is 0 Å². The van der Waals surface area contributed by atoms with Crippen molar-refractivity contribution in [2.24, 2.45) is 0 Å². The topological polar surface area (TPSA) is 96.6 Å². The zero-order chi connectivity index (χ0) is 14.3. The Kier molecular flexibility index (Phi) is 6.79. The molecule has 3 N–H and O–H groups in total. The number of methoxy groups -OCH3 is 1. The van der Waals surface area contributed by atoms with Crippen LogP contribution in [0.3, 0.4) is 0 Å². The van der Waals surface area contributed by atoms with Gasteiger partial charge in [-0.2, -0.15) is 5.10 Å². The third-order valence-electron chi connectivity index (χ3n) is 2.50. The highest BCUT2D eigenvalue weighted by atomic mass is 35.5. The van der Waals surface area contributed by atoms with E-state index in [1.807, 2.05) is 0 Å². The first-order chi connectivity index (χ1) is 9.13. The average molecular weight is 292 g/mol. The van der Waals surface area contributed by atoms with Gasteiger partial charge in [-0.25, -0.2) is 4.68 Å². The number of aromatic nitrogens is 2. The van der Waals surface area contributed by atoms with E-state index in [0.717, 1.165) is 4.68 Å². The molecule has 0 spiro atoms. The van der Waals surface area contributed by atoms with Gasteiger partial charge in [0.25, 0.3) is 5.56 Å². The fourth-order valence-corrected chi connectivity index (χ4v) is 1.79. The minimum absolute atomic E-state index is 0.00231. The average Bonchev–Trinajstić information content (AvgIpc) is 2.39. The molecule has 0 aliphatic carbocycles. The maximum atomic E-state index is 11.8. The summed E-state index contributed by atoms with van der Waals surface area (Å²) < 4.78 is 6.10. The molecule has 108 valence electrons. The van der Waals surface area contributed by atoms with Gasteiger partial charge in [0.2, 0.25) is 0 Å². The van der Waals surface area contributed by atoms with Crippen molar-refractivity contribution in [2.45, 2.75) is 19.0 Å². The molecule has 0 amide bonds. The summed E-state index contributed by atoms with van der Waals surface area (Å²) in [5.41, 5.74) is -0.0859. The van der Waals surface area contributed by atoms with Crippen LogP contribution >= 0.6 is 11.6 Å². The number of nitrogens with one attached hydrogen (secondary N) is 1. The van der Waals surface area contributed by atoms with E-state index in [0.29, 0.717) is 18.7 Å². The summed E-state index contributed by atoms with van der Waals surface area (Å²) in [5.74, 6) is 0. The molecule has 1 unspecified atom stereocenters. The number of rotatable bonds is 8. The molecule has 1 heterocycles. The lowest BCUT2D eigenvalue weighted by Crippen LogP contribution is -2.30. The fraction of sp³-hybridized carbons (Fsp3) is 0.636. The number of hydrogen-bond donors (Lipinski definition) is 3. The Morgan fingerprint density at radius 3 is 2.84 bits per heavy atom. The van der Waals surface area contributed by atoms with Gasteiger partial charge < -0.3 is 20.3 Å². The Hall–Kier alpha value is -1.15. The minimum atomic E-state index is -0.471. The van der Waals surface area contributed by atoms with E-state index >= 15 is 0 Å². The van der Waals surface area contributed by atoms with E-state index in [-0.39, 0.29) is 30.8 Å². The van der Waals surface area contributed by atoms with Crippen molar-refractivity contribution in [1.82, 2.24) is 9.78 Å². The van der Waals surface area contributed by atoms with Crippen LogP contribution in [0.5, 0.6) is 0 Å². The zero-order valence-corrected chi connectivity index (χ0v) is 11.4. The van der Waals surface area contributed by atoms with E-state index < -0.39 is 5.56 Å². The Bertz CT molecular complexity index is 446. The molecule has 19 heavy (non-hydrogen) atoms. The zero-order valence-electron chi connectivity index (χ0n) is 10.7. The highest BCUT2D eigenvalue weighted by Gasteiger charge is 2.13. The van der Waals surface area contributed by atoms with Crippen molar-refractivity contribution in [3.8, 4) is 0 Å². The summed E-state index contributed by atoms with van der Waals surface area (Å²) in [5, 5.41) is 24.6. The van der Waals surface area contributed by atoms with Crippen molar-refractivity contribution in [3.63, 3.8) is 0 Å². The SMILES string of the molecule is COCC(CCO)Nc1cnn(CCO)c(=O)c1Cl. The third-order valence-corrected chi connectivity index (χ3v) is 2.87. The predicted molar refractivity (Wildman–Crippen MR) is 71.6 cm³/mol. The van der Waals surface area contributed by atoms with Crippen LogP contribution in [0.4, 0.5) is 5.69 Å². The van der Waals surface area contributed by atoms with Crippen LogP contribution in [0.1, 0.15) is 6.42 Å². The van der Waals surface area contributed by atoms with Crippen molar-refractivity contribution < 1.29 is 14.9 Å². The van der Waals surface area contributed by atoms with Gasteiger partial charge in [-0.3, -0.25) is 4.79 Å². The van der Waals surface area contributed by atoms with Crippen LogP contribution in [-0.2, 0) is 11.3 Å². The van der Waals surface area contributed by atoms with Gasteiger partial charge >= 0.3 is 0 Å². The molecule has 7 nitrogen and oxygen atoms in total. The third kappa shape index (κ3) is 4.46. The van der Waals surface area contributed by atoms with Crippen LogP contribution in [0.2, 0.25) is 5.02 Å². The molecule has 1 aromatic rings. The minimum Gasteiger partial charge on any atom is -0.396 e. The first kappa shape index (κ1) is 15.9. The molecule has 1 rings (SSSR count). The number of aliphatic hydroxyl groups is 2. The predicted octanol–water partition coefficient (Wildman–Crippen LogP) is -0.302. The summed E-state index contributed by atoms with van der Waals surface area (Å²) in [7, 11) is 1.55. The first-order valence-corrected chi connectivity index (χ1v) is 6.24. The second-order valence-electron chi connectivity index (χ2n) is 3.93. The molecular weight excluding hydrogens is 274 g/mol. The van der Waals surface area contributed by atoms with Gasteiger partial charge in [-0.1, -0.05) is 11.6 Å². The molecule has 0 fully saturated rings. The van der Waals surface area contributed by atoms with Crippen LogP contribution < -0.4 is 10.9 Å². The lowest BCUT2D eigenvalue weighted by Gasteiger charge is -2.18. The van der Waals surface area contributed by atoms with Crippen molar-refractivity contribution >= 4 is 17.3 Å². The standard InChI is InChI=1S/C11H18ClN3O4/c1-19-7-8(2-4-16)14-9-6-13-15(3-5-17)11(18)10(9)12/h6,8,14,16-17H,2-5,7H2,1H3. The van der Waals surface area contributed by atoms with Gasteiger partial charge in [0, 0.05) is 13.7 Å². The van der Waals surface area contributed by atoms with E-state index in [2.05, 4.69) is 10.4 Å². The molecule has 0 aliphatic heterocycles. The molecule has 8 heteroatoms. The van der Waals surface area contributed by atoms with Gasteiger partial charge in [0.05, 0.1) is 37.7 Å². The van der Waals surface area contributed by atoms with Crippen LogP contribution in [0.15, 0.2) is 11.0 Å². The van der Waals surface area contributed by atoms with Crippen LogP contribution in [0.25, 0.3) is 0 Å². The smallest absolute Gasteiger partial charge is 0.287 e. The van der Waals surface area contributed by atoms with E-state index in [4.69, 9.17) is 26.6 Å². The molecule has 0 saturated heterocycles. The summed E-state index contributed by atoms with van der Waals surface area (Å²) in [6.07, 6.45) is 1.88. The summed E-state index contributed by atoms with van der Waals surface area (Å²) >= 11 is 5.96. The molecule has 1 aromatic heterocycles. The Balaban J connectivity index is 2.89. The lowest BCUT2D eigenvalue weighted by atomic mass is 10.2. The number of nitrogens with zero attached hydrogens (tertiary/aromatic N) is 2. The van der Waals surface area contributed by atoms with Gasteiger partial charge in [-0.05, 0) is 6.42 Å². The Morgan fingerprint density at radius 1 is 1.53 bits per heavy atom. The highest BCUT2D eigenvalue weighted by Crippen LogP contribution is 2.17. The maximum absolute atomic E-state index is 11.8. The molecule has 0 aliphatic rings. The second kappa shape index (κ2) is 8.11. The van der Waals surface area contributed by atoms with Crippen molar-refractivity contribution in [3.05, 3.63) is 21.6 Å². The Morgan fingerprint density at radius 2 is 2.26 bits per heavy atom. The summed E-state index contributed by atoms with van der Waals surface area (Å²) in [6.45, 7) is 0.272. The molecule has 0 saturated carbocycles. The molecule has 0 aromatic carbocycles. The van der Waals surface area contributed by atoms with E-state index in [1.54, 1.807) is 7.11 Å². The largest absolute Gasteiger partial charge is 0.396 e. The second-order valence-corrected chi connectivity index (χ2v) is 4.31. The van der Waals surface area contributed by atoms with Crippen LogP contribution in [0, 0.1) is 0 Å². The maximum Gasteiger partial charge on any atom is 0.287 e. The fourth-order valence-electron chi connectivity index (χ4n) is 1.59. The normalized spacial score (nSPS) is 12.4. The molecular formula is C11H18ClN3O4. The van der Waals surface area contributed by atoms with Gasteiger partial charge in [-0.15, -0.1) is 0 Å². The van der Waals surface area contributed by atoms with E-state index in [9.17, 15) is 4.79 Å². The lowest BCUT2D eigenvalue weighted by molar-refractivity contribution is 0.170. The first-order valence-electron chi connectivity index (χ1n) is 5.86. The van der Waals surface area contributed by atoms with Crippen molar-refractivity contribution in [2.75, 3.05) is 32.2 Å². The number of halogens is 1. The number of ether oxygens (including phenoxy) is 1. The monoisotopic (exact) mass is 291 g/mol. The van der Waals surface area contributed by atoms with Crippen molar-refractivity contribution in [1.29, 1.82) is 0 Å². The summed E-state index contributed by atoms with van der Waals surface area (Å²) in [6, 6.07) is -0.164. The molecule has 1 atom stereocenters. The quantitative estimate of drug-likeness (QED) is 0.608. The number of aliphatic hydroxyl groups excluding tert-OH is 2. The summed E-state index contributed by atoms with van der Waals surface area (Å²) in [4.78, 5) is 11.8. The number of anilines is 1. The molecule has 0 radical (unpaired) electrons. The number of hydrogen-bond acceptors (Lipinski definition) is 6. The van der Waals surface area contributed by atoms with E-state index in [1.165, 1.54) is 6.20 Å². The Labute approximate surface area is 115 Å².